The molecule has 454 valence electrons. The van der Waals surface area contributed by atoms with Gasteiger partial charge in [0.2, 0.25) is 0 Å². The van der Waals surface area contributed by atoms with Crippen LogP contribution in [0.4, 0.5) is 0 Å². The van der Waals surface area contributed by atoms with Gasteiger partial charge in [-0.25, -0.2) is 0 Å². The molecule has 0 saturated carbocycles. The van der Waals surface area contributed by atoms with Crippen LogP contribution in [0.3, 0.4) is 0 Å². The maximum Gasteiger partial charge on any atom is 0.306 e. The second-order valence-corrected chi connectivity index (χ2v) is 23.1. The van der Waals surface area contributed by atoms with Crippen molar-refractivity contribution < 1.29 is 28.6 Å². The Morgan fingerprint density at radius 3 is 0.744 bits per heavy atom. The monoisotopic (exact) mass is 1090 g/mol. The van der Waals surface area contributed by atoms with Gasteiger partial charge in [0.15, 0.2) is 6.10 Å². The number of carbonyl (C=O) groups excluding carboxylic acids is 3. The average Bonchev–Trinajstić information content (AvgIpc) is 3.44. The standard InChI is InChI=1S/C72H130O6/c1-4-7-10-13-16-19-22-25-28-30-32-34-36-38-39-41-44-47-50-53-56-59-62-65-71(74)77-68-69(67-76-70(73)64-61-58-55-52-49-46-43-27-24-21-18-15-12-9-6-3)78-72(75)66-63-60-57-54-51-48-45-42-40-37-35-33-31-29-26-23-20-17-14-11-8-5-2/h18,21-22,25,27,30,32,36,38,43,69H,4-17,19-20,23-24,26,28-29,31,33-35,37,39-42,44-68H2,1-3H3/b21-18-,25-22-,32-30-,38-36-,43-27-. The van der Waals surface area contributed by atoms with E-state index < -0.39 is 6.10 Å². The number of hydrogen-bond donors (Lipinski definition) is 0. The van der Waals surface area contributed by atoms with Crippen molar-refractivity contribution in [2.75, 3.05) is 13.2 Å². The maximum atomic E-state index is 12.9. The first-order valence-electron chi connectivity index (χ1n) is 34.3. The first kappa shape index (κ1) is 75.1. The van der Waals surface area contributed by atoms with Gasteiger partial charge in [-0.15, -0.1) is 0 Å². The molecule has 1 atom stereocenters. The van der Waals surface area contributed by atoms with Gasteiger partial charge in [-0.2, -0.15) is 0 Å². The minimum atomic E-state index is -0.783. The van der Waals surface area contributed by atoms with Gasteiger partial charge in [-0.1, -0.05) is 313 Å². The molecule has 0 aliphatic rings. The Morgan fingerprint density at radius 2 is 0.462 bits per heavy atom. The summed E-state index contributed by atoms with van der Waals surface area (Å²) in [5.41, 5.74) is 0. The minimum Gasteiger partial charge on any atom is -0.462 e. The molecule has 0 N–H and O–H groups in total. The predicted molar refractivity (Wildman–Crippen MR) is 339 cm³/mol. The topological polar surface area (TPSA) is 78.9 Å². The van der Waals surface area contributed by atoms with Crippen molar-refractivity contribution in [3.05, 3.63) is 60.8 Å². The van der Waals surface area contributed by atoms with Gasteiger partial charge < -0.3 is 14.2 Å². The Morgan fingerprint density at radius 1 is 0.256 bits per heavy atom. The van der Waals surface area contributed by atoms with Crippen LogP contribution in [-0.4, -0.2) is 37.2 Å². The van der Waals surface area contributed by atoms with Crippen LogP contribution in [0.25, 0.3) is 0 Å². The SMILES string of the molecule is CCCCC/C=C\C/C=C\CCCCCCCC(=O)OCC(COC(=O)CCCCCCCCCC/C=C\C/C=C\C/C=C\CCCCCCC)OC(=O)CCCCCCCCCCCCCCCCCCCCCCCC. The lowest BCUT2D eigenvalue weighted by Crippen LogP contribution is -2.30. The highest BCUT2D eigenvalue weighted by atomic mass is 16.6. The fraction of sp³-hybridized carbons (Fsp3) is 0.819. The third kappa shape index (κ3) is 63.9. The van der Waals surface area contributed by atoms with Gasteiger partial charge >= 0.3 is 17.9 Å². The number of allylic oxidation sites excluding steroid dienone is 10. The lowest BCUT2D eigenvalue weighted by molar-refractivity contribution is -0.167. The van der Waals surface area contributed by atoms with Crippen molar-refractivity contribution >= 4 is 17.9 Å². The zero-order valence-corrected chi connectivity index (χ0v) is 52.2. The van der Waals surface area contributed by atoms with E-state index in [2.05, 4.69) is 81.5 Å². The van der Waals surface area contributed by atoms with Gasteiger partial charge in [-0.3, -0.25) is 14.4 Å². The first-order chi connectivity index (χ1) is 38.5. The Labute approximate surface area is 485 Å². The summed E-state index contributed by atoms with van der Waals surface area (Å²) in [4.78, 5) is 38.4. The van der Waals surface area contributed by atoms with E-state index in [0.717, 1.165) is 96.3 Å². The summed E-state index contributed by atoms with van der Waals surface area (Å²) in [6.45, 7) is 6.64. The van der Waals surface area contributed by atoms with Crippen molar-refractivity contribution in [1.82, 2.24) is 0 Å². The largest absolute Gasteiger partial charge is 0.462 e. The lowest BCUT2D eigenvalue weighted by atomic mass is 10.0. The third-order valence-electron chi connectivity index (χ3n) is 15.2. The molecule has 0 aliphatic heterocycles. The third-order valence-corrected chi connectivity index (χ3v) is 15.2. The van der Waals surface area contributed by atoms with Crippen LogP contribution < -0.4 is 0 Å². The quantitative estimate of drug-likeness (QED) is 0.0261. The van der Waals surface area contributed by atoms with E-state index >= 15 is 0 Å². The van der Waals surface area contributed by atoms with E-state index in [1.807, 2.05) is 0 Å². The van der Waals surface area contributed by atoms with E-state index in [1.165, 1.54) is 225 Å². The molecule has 6 heteroatoms. The summed E-state index contributed by atoms with van der Waals surface area (Å²) in [5.74, 6) is -0.878. The summed E-state index contributed by atoms with van der Waals surface area (Å²) in [7, 11) is 0. The Hall–Kier alpha value is -2.89. The number of ether oxygens (including phenoxy) is 3. The Kier molecular flexibility index (Phi) is 64.2. The molecule has 0 aromatic carbocycles. The molecule has 0 rings (SSSR count). The molecule has 0 amide bonds. The van der Waals surface area contributed by atoms with Crippen LogP contribution in [0, 0.1) is 0 Å². The van der Waals surface area contributed by atoms with Crippen LogP contribution in [0.15, 0.2) is 60.8 Å². The highest BCUT2D eigenvalue weighted by Crippen LogP contribution is 2.18. The normalized spacial score (nSPS) is 12.4. The van der Waals surface area contributed by atoms with Crippen molar-refractivity contribution in [1.29, 1.82) is 0 Å². The fourth-order valence-corrected chi connectivity index (χ4v) is 10.1. The smallest absolute Gasteiger partial charge is 0.306 e. The molecule has 0 radical (unpaired) electrons. The minimum absolute atomic E-state index is 0.0796. The van der Waals surface area contributed by atoms with Crippen LogP contribution in [0.1, 0.15) is 361 Å². The van der Waals surface area contributed by atoms with Gasteiger partial charge in [0.05, 0.1) is 0 Å². The molecule has 0 fully saturated rings. The van der Waals surface area contributed by atoms with Gasteiger partial charge in [0, 0.05) is 19.3 Å². The summed E-state index contributed by atoms with van der Waals surface area (Å²) in [6.07, 6.45) is 85.2. The van der Waals surface area contributed by atoms with Gasteiger partial charge in [0.1, 0.15) is 13.2 Å². The number of rotatable bonds is 63. The van der Waals surface area contributed by atoms with Crippen LogP contribution >= 0.6 is 0 Å². The number of esters is 3. The van der Waals surface area contributed by atoms with Crippen LogP contribution in [0.2, 0.25) is 0 Å². The van der Waals surface area contributed by atoms with Crippen molar-refractivity contribution in [2.24, 2.45) is 0 Å². The zero-order valence-electron chi connectivity index (χ0n) is 52.2. The van der Waals surface area contributed by atoms with Crippen molar-refractivity contribution in [3.8, 4) is 0 Å². The molecule has 0 aromatic rings. The number of hydrogen-bond acceptors (Lipinski definition) is 6. The summed E-state index contributed by atoms with van der Waals surface area (Å²) in [6, 6.07) is 0. The molecule has 1 unspecified atom stereocenters. The number of carbonyl (C=O) groups is 3. The zero-order chi connectivity index (χ0) is 56.4. The Bertz CT molecular complexity index is 1390. The van der Waals surface area contributed by atoms with E-state index in [9.17, 15) is 14.4 Å². The molecule has 0 heterocycles. The number of unbranched alkanes of at least 4 members (excludes halogenated alkanes) is 42. The fourth-order valence-electron chi connectivity index (χ4n) is 10.1. The molecule has 0 aliphatic carbocycles. The average molecular weight is 1090 g/mol. The summed E-state index contributed by atoms with van der Waals surface area (Å²) in [5, 5.41) is 0. The predicted octanol–water partition coefficient (Wildman–Crippen LogP) is 23.5. The second kappa shape index (κ2) is 66.6. The molecular weight excluding hydrogens is 961 g/mol. The van der Waals surface area contributed by atoms with Crippen LogP contribution in [-0.2, 0) is 28.6 Å². The summed E-state index contributed by atoms with van der Waals surface area (Å²) < 4.78 is 17.0. The van der Waals surface area contributed by atoms with E-state index in [-0.39, 0.29) is 31.1 Å². The van der Waals surface area contributed by atoms with E-state index in [0.29, 0.717) is 19.3 Å². The molecule has 0 saturated heterocycles. The van der Waals surface area contributed by atoms with E-state index in [4.69, 9.17) is 14.2 Å². The lowest BCUT2D eigenvalue weighted by Gasteiger charge is -2.18. The Balaban J connectivity index is 4.33. The van der Waals surface area contributed by atoms with E-state index in [1.54, 1.807) is 0 Å². The highest BCUT2D eigenvalue weighted by Gasteiger charge is 2.19. The molecule has 6 nitrogen and oxygen atoms in total. The van der Waals surface area contributed by atoms with Crippen molar-refractivity contribution in [3.63, 3.8) is 0 Å². The molecular formula is C72H130O6. The molecule has 0 bridgehead atoms. The molecule has 78 heavy (non-hydrogen) atoms. The second-order valence-electron chi connectivity index (χ2n) is 23.1. The van der Waals surface area contributed by atoms with Gasteiger partial charge in [-0.05, 0) is 89.9 Å². The van der Waals surface area contributed by atoms with Gasteiger partial charge in [0.25, 0.3) is 0 Å². The first-order valence-corrected chi connectivity index (χ1v) is 34.3. The molecule has 0 spiro atoms. The maximum absolute atomic E-state index is 12.9. The summed E-state index contributed by atoms with van der Waals surface area (Å²) >= 11 is 0. The molecule has 0 aromatic heterocycles. The van der Waals surface area contributed by atoms with Crippen molar-refractivity contribution in [2.45, 2.75) is 367 Å². The van der Waals surface area contributed by atoms with Crippen LogP contribution in [0.5, 0.6) is 0 Å². The highest BCUT2D eigenvalue weighted by molar-refractivity contribution is 5.71.